The zero-order chi connectivity index (χ0) is 12.5. The SMILES string of the molecule is Nc1nc(OCC(F)(F)F)c2ccccc2n1. The number of rotatable bonds is 2. The molecule has 0 amide bonds. The lowest BCUT2D eigenvalue weighted by Gasteiger charge is -2.10. The number of nitrogen functional groups attached to an aromatic ring is 1. The fourth-order valence-corrected chi connectivity index (χ4v) is 1.32. The first kappa shape index (κ1) is 11.4. The van der Waals surface area contributed by atoms with E-state index in [1.807, 2.05) is 0 Å². The summed E-state index contributed by atoms with van der Waals surface area (Å²) in [5.74, 6) is -0.286. The van der Waals surface area contributed by atoms with Crippen LogP contribution in [-0.4, -0.2) is 22.8 Å². The maximum Gasteiger partial charge on any atom is 0.422 e. The number of nitrogens with two attached hydrogens (primary N) is 1. The van der Waals surface area contributed by atoms with Crippen LogP contribution in [-0.2, 0) is 0 Å². The minimum atomic E-state index is -4.42. The van der Waals surface area contributed by atoms with Gasteiger partial charge in [-0.1, -0.05) is 12.1 Å². The van der Waals surface area contributed by atoms with Crippen molar-refractivity contribution in [3.05, 3.63) is 24.3 Å². The van der Waals surface area contributed by atoms with Gasteiger partial charge in [0.1, 0.15) is 0 Å². The largest absolute Gasteiger partial charge is 0.467 e. The zero-order valence-corrected chi connectivity index (χ0v) is 8.53. The molecule has 2 aromatic rings. The van der Waals surface area contributed by atoms with Gasteiger partial charge < -0.3 is 10.5 Å². The number of nitrogens with zero attached hydrogens (tertiary/aromatic N) is 2. The number of para-hydroxylation sites is 1. The third-order valence-corrected chi connectivity index (χ3v) is 1.96. The Morgan fingerprint density at radius 3 is 2.59 bits per heavy atom. The molecule has 0 aliphatic heterocycles. The standard InChI is InChI=1S/C10H8F3N3O/c11-10(12,13)5-17-8-6-3-1-2-4-7(6)15-9(14)16-8/h1-4H,5H2,(H2,14,15,16). The van der Waals surface area contributed by atoms with Crippen molar-refractivity contribution >= 4 is 16.9 Å². The van der Waals surface area contributed by atoms with E-state index in [4.69, 9.17) is 5.73 Å². The Morgan fingerprint density at radius 2 is 1.88 bits per heavy atom. The molecular formula is C10H8F3N3O. The maximum atomic E-state index is 12.0. The van der Waals surface area contributed by atoms with Crippen LogP contribution in [0.25, 0.3) is 10.9 Å². The van der Waals surface area contributed by atoms with Crippen molar-refractivity contribution in [1.29, 1.82) is 0 Å². The molecule has 2 rings (SSSR count). The van der Waals surface area contributed by atoms with Crippen molar-refractivity contribution in [3.63, 3.8) is 0 Å². The van der Waals surface area contributed by atoms with Crippen LogP contribution in [0.3, 0.4) is 0 Å². The zero-order valence-electron chi connectivity index (χ0n) is 8.53. The summed E-state index contributed by atoms with van der Waals surface area (Å²) in [6.45, 7) is -1.41. The molecule has 0 radical (unpaired) electrons. The van der Waals surface area contributed by atoms with Crippen molar-refractivity contribution in [2.75, 3.05) is 12.3 Å². The second kappa shape index (κ2) is 4.08. The molecule has 0 atom stereocenters. The van der Waals surface area contributed by atoms with Gasteiger partial charge in [0.2, 0.25) is 11.8 Å². The van der Waals surface area contributed by atoms with E-state index in [1.54, 1.807) is 24.3 Å². The summed E-state index contributed by atoms with van der Waals surface area (Å²) in [5, 5.41) is 0.394. The van der Waals surface area contributed by atoms with Crippen LogP contribution >= 0.6 is 0 Å². The van der Waals surface area contributed by atoms with Crippen LogP contribution in [0.15, 0.2) is 24.3 Å². The quantitative estimate of drug-likeness (QED) is 0.877. The van der Waals surface area contributed by atoms with Gasteiger partial charge in [0.15, 0.2) is 6.61 Å². The number of fused-ring (bicyclic) bond motifs is 1. The van der Waals surface area contributed by atoms with Crippen molar-refractivity contribution in [3.8, 4) is 5.88 Å². The molecule has 1 aromatic heterocycles. The monoisotopic (exact) mass is 243 g/mol. The summed E-state index contributed by atoms with van der Waals surface area (Å²) < 4.78 is 40.7. The lowest BCUT2D eigenvalue weighted by atomic mass is 10.2. The number of benzene rings is 1. The van der Waals surface area contributed by atoms with E-state index in [0.717, 1.165) is 0 Å². The fourth-order valence-electron chi connectivity index (χ4n) is 1.32. The van der Waals surface area contributed by atoms with Crippen LogP contribution in [0.4, 0.5) is 19.1 Å². The average molecular weight is 243 g/mol. The van der Waals surface area contributed by atoms with E-state index in [1.165, 1.54) is 0 Å². The van der Waals surface area contributed by atoms with Crippen LogP contribution < -0.4 is 10.5 Å². The number of hydrogen-bond donors (Lipinski definition) is 1. The Kier molecular flexibility index (Phi) is 2.74. The second-order valence-corrected chi connectivity index (χ2v) is 3.31. The summed E-state index contributed by atoms with van der Waals surface area (Å²) in [6, 6.07) is 6.54. The summed E-state index contributed by atoms with van der Waals surface area (Å²) in [5.41, 5.74) is 5.82. The van der Waals surface area contributed by atoms with Gasteiger partial charge in [-0.25, -0.2) is 4.98 Å². The van der Waals surface area contributed by atoms with E-state index in [9.17, 15) is 13.2 Å². The molecule has 0 aliphatic carbocycles. The highest BCUT2D eigenvalue weighted by molar-refractivity contribution is 5.84. The summed E-state index contributed by atoms with van der Waals surface area (Å²) >= 11 is 0. The lowest BCUT2D eigenvalue weighted by molar-refractivity contribution is -0.153. The summed E-state index contributed by atoms with van der Waals surface area (Å²) in [7, 11) is 0. The normalized spacial score (nSPS) is 11.7. The highest BCUT2D eigenvalue weighted by atomic mass is 19.4. The molecule has 0 bridgehead atoms. The molecule has 0 aliphatic rings. The molecule has 0 saturated heterocycles. The number of anilines is 1. The van der Waals surface area contributed by atoms with Crippen LogP contribution in [0, 0.1) is 0 Å². The highest BCUT2D eigenvalue weighted by Gasteiger charge is 2.29. The van der Waals surface area contributed by atoms with Crippen molar-refractivity contribution in [1.82, 2.24) is 9.97 Å². The van der Waals surface area contributed by atoms with Crippen molar-refractivity contribution < 1.29 is 17.9 Å². The first-order chi connectivity index (χ1) is 7.96. The van der Waals surface area contributed by atoms with E-state index in [0.29, 0.717) is 10.9 Å². The molecule has 90 valence electrons. The lowest BCUT2D eigenvalue weighted by Crippen LogP contribution is -2.20. The molecule has 0 saturated carbocycles. The molecule has 2 N–H and O–H groups in total. The molecule has 0 spiro atoms. The smallest absolute Gasteiger partial charge is 0.422 e. The average Bonchev–Trinajstić information content (AvgIpc) is 2.24. The molecule has 7 heteroatoms. The Hall–Kier alpha value is -2.05. The van der Waals surface area contributed by atoms with Gasteiger partial charge in [0.25, 0.3) is 0 Å². The Bertz CT molecular complexity index is 542. The predicted octanol–water partition coefficient (Wildman–Crippen LogP) is 2.15. The Balaban J connectivity index is 2.39. The molecular weight excluding hydrogens is 235 g/mol. The third kappa shape index (κ3) is 2.74. The minimum absolute atomic E-state index is 0.124. The van der Waals surface area contributed by atoms with E-state index < -0.39 is 12.8 Å². The first-order valence-electron chi connectivity index (χ1n) is 4.67. The number of ether oxygens (including phenoxy) is 1. The number of aromatic nitrogens is 2. The van der Waals surface area contributed by atoms with Gasteiger partial charge >= 0.3 is 6.18 Å². The fraction of sp³-hybridized carbons (Fsp3) is 0.200. The third-order valence-electron chi connectivity index (χ3n) is 1.96. The molecule has 1 heterocycles. The van der Waals surface area contributed by atoms with Crippen molar-refractivity contribution in [2.45, 2.75) is 6.18 Å². The van der Waals surface area contributed by atoms with Gasteiger partial charge in [0.05, 0.1) is 10.9 Å². The Morgan fingerprint density at radius 1 is 1.18 bits per heavy atom. The first-order valence-corrected chi connectivity index (χ1v) is 4.67. The topological polar surface area (TPSA) is 61.0 Å². The minimum Gasteiger partial charge on any atom is -0.467 e. The summed E-state index contributed by atoms with van der Waals surface area (Å²) in [6.07, 6.45) is -4.42. The highest BCUT2D eigenvalue weighted by Crippen LogP contribution is 2.25. The van der Waals surface area contributed by atoms with Gasteiger partial charge in [-0.3, -0.25) is 0 Å². The molecule has 1 aromatic carbocycles. The molecule has 0 unspecified atom stereocenters. The Labute approximate surface area is 94.2 Å². The van der Waals surface area contributed by atoms with Crippen molar-refractivity contribution in [2.24, 2.45) is 0 Å². The van der Waals surface area contributed by atoms with Gasteiger partial charge in [-0.05, 0) is 12.1 Å². The van der Waals surface area contributed by atoms with Gasteiger partial charge in [-0.15, -0.1) is 0 Å². The van der Waals surface area contributed by atoms with Crippen LogP contribution in [0.5, 0.6) is 5.88 Å². The maximum absolute atomic E-state index is 12.0. The van der Waals surface area contributed by atoms with E-state index >= 15 is 0 Å². The number of alkyl halides is 3. The number of halogens is 3. The van der Waals surface area contributed by atoms with Gasteiger partial charge in [0, 0.05) is 0 Å². The van der Waals surface area contributed by atoms with Crippen LogP contribution in [0.2, 0.25) is 0 Å². The predicted molar refractivity (Wildman–Crippen MR) is 55.5 cm³/mol. The van der Waals surface area contributed by atoms with Crippen LogP contribution in [0.1, 0.15) is 0 Å². The molecule has 0 fully saturated rings. The molecule has 4 nitrogen and oxygen atoms in total. The second-order valence-electron chi connectivity index (χ2n) is 3.31. The summed E-state index contributed by atoms with van der Waals surface area (Å²) in [4.78, 5) is 7.53. The molecule has 17 heavy (non-hydrogen) atoms. The number of hydrogen-bond acceptors (Lipinski definition) is 4. The van der Waals surface area contributed by atoms with E-state index in [2.05, 4.69) is 14.7 Å². The van der Waals surface area contributed by atoms with E-state index in [-0.39, 0.29) is 11.8 Å². The van der Waals surface area contributed by atoms with Gasteiger partial charge in [-0.2, -0.15) is 18.2 Å².